The fourth-order valence-corrected chi connectivity index (χ4v) is 8.18. The number of hydrogen-bond acceptors (Lipinski definition) is 8. The third-order valence-electron chi connectivity index (χ3n) is 11.0. The molecule has 1 saturated carbocycles. The molecule has 12 heteroatoms. The zero-order valence-corrected chi connectivity index (χ0v) is 29.8. The molecule has 4 heterocycles. The predicted octanol–water partition coefficient (Wildman–Crippen LogP) is 8.68. The first-order valence-corrected chi connectivity index (χ1v) is 20.2. The number of aromatic nitrogens is 3. The number of rotatable bonds is 8. The van der Waals surface area contributed by atoms with Crippen LogP contribution >= 0.6 is 0 Å². The van der Waals surface area contributed by atoms with Crippen LogP contribution in [-0.4, -0.2) is 43.0 Å². The molecule has 48 heavy (non-hydrogen) atoms. The van der Waals surface area contributed by atoms with Gasteiger partial charge in [0.1, 0.15) is 11.4 Å². The average Bonchev–Trinajstić information content (AvgIpc) is 3.54. The number of nitrogens with two attached hydrogens (primary N) is 1. The van der Waals surface area contributed by atoms with Gasteiger partial charge in [-0.2, -0.15) is 18.2 Å². The molecule has 3 aromatic rings. The van der Waals surface area contributed by atoms with Gasteiger partial charge in [-0.05, 0) is 66.4 Å². The molecule has 0 radical (unpaired) electrons. The van der Waals surface area contributed by atoms with Crippen LogP contribution in [0.25, 0.3) is 0 Å². The molecule has 2 aromatic heterocycles. The van der Waals surface area contributed by atoms with Crippen LogP contribution in [0.1, 0.15) is 93.8 Å². The van der Waals surface area contributed by atoms with E-state index >= 15 is 0 Å². The molecular weight excluding hydrogens is 634 g/mol. The highest BCUT2D eigenvalue weighted by Gasteiger charge is 2.42. The molecule has 260 valence electrons. The summed E-state index contributed by atoms with van der Waals surface area (Å²) >= 11 is 0. The predicted molar refractivity (Wildman–Crippen MR) is 185 cm³/mol. The normalized spacial score (nSPS) is 23.8. The van der Waals surface area contributed by atoms with E-state index in [9.17, 15) is 13.2 Å². The molecule has 8 nitrogen and oxygen atoms in total. The highest BCUT2D eigenvalue weighted by Crippen LogP contribution is 2.45. The van der Waals surface area contributed by atoms with Crippen molar-refractivity contribution in [2.24, 2.45) is 11.8 Å². The standard InChI is InChI=1S/C36H49F3N6O2Si/c1-35(2,3)48(4,5)47-23-25-13-11-24(12-14-25)21-31-27-15-16-32(40)42-29(27)17-19-44(31)34-41-22-28(36(37,38)39)33(43-34)45-30(18-20-46-45)26-9-7-6-8-10-26/h6-10,15-16,22,24-25,30-31H,11-14,17-21,23H2,1-5H3,(H2,40,42)/t24?,25?,30-,31?/m0/s1. The maximum atomic E-state index is 14.4. The molecule has 1 aromatic carbocycles. The Labute approximate surface area is 283 Å². The van der Waals surface area contributed by atoms with Gasteiger partial charge < -0.3 is 15.1 Å². The Morgan fingerprint density at radius 1 is 0.958 bits per heavy atom. The fourth-order valence-electron chi connectivity index (χ4n) is 7.09. The fraction of sp³-hybridized carbons (Fsp3) is 0.583. The van der Waals surface area contributed by atoms with Gasteiger partial charge >= 0.3 is 6.18 Å². The summed E-state index contributed by atoms with van der Waals surface area (Å²) in [6.45, 7) is 13.1. The summed E-state index contributed by atoms with van der Waals surface area (Å²) in [4.78, 5) is 21.6. The van der Waals surface area contributed by atoms with Gasteiger partial charge in [0.15, 0.2) is 14.1 Å². The third-order valence-corrected chi connectivity index (χ3v) is 15.5. The van der Waals surface area contributed by atoms with E-state index in [1.54, 1.807) is 0 Å². The van der Waals surface area contributed by atoms with Crippen LogP contribution in [-0.2, 0) is 21.9 Å². The summed E-state index contributed by atoms with van der Waals surface area (Å²) < 4.78 is 49.9. The van der Waals surface area contributed by atoms with Crippen LogP contribution in [0.4, 0.5) is 30.8 Å². The van der Waals surface area contributed by atoms with Crippen molar-refractivity contribution < 1.29 is 22.4 Å². The van der Waals surface area contributed by atoms with Crippen LogP contribution in [0.5, 0.6) is 0 Å². The van der Waals surface area contributed by atoms with Crippen molar-refractivity contribution in [2.75, 3.05) is 35.5 Å². The van der Waals surface area contributed by atoms with Crippen molar-refractivity contribution in [1.29, 1.82) is 0 Å². The van der Waals surface area contributed by atoms with Gasteiger partial charge in [-0.3, -0.25) is 4.84 Å². The van der Waals surface area contributed by atoms with Gasteiger partial charge in [0.25, 0.3) is 0 Å². The minimum atomic E-state index is -4.65. The minimum Gasteiger partial charge on any atom is -0.417 e. The highest BCUT2D eigenvalue weighted by molar-refractivity contribution is 6.74. The maximum absolute atomic E-state index is 14.4. The lowest BCUT2D eigenvalue weighted by Crippen LogP contribution is -2.42. The zero-order chi connectivity index (χ0) is 34.3. The summed E-state index contributed by atoms with van der Waals surface area (Å²) in [5.41, 5.74) is 8.03. The first-order chi connectivity index (χ1) is 22.7. The number of halogens is 3. The van der Waals surface area contributed by atoms with Gasteiger partial charge in [0.05, 0.1) is 18.7 Å². The van der Waals surface area contributed by atoms with Gasteiger partial charge in [0, 0.05) is 37.9 Å². The smallest absolute Gasteiger partial charge is 0.417 e. The second-order valence-electron chi connectivity index (χ2n) is 15.2. The molecule has 2 N–H and O–H groups in total. The molecule has 1 aliphatic carbocycles. The second-order valence-corrected chi connectivity index (χ2v) is 20.0. The second kappa shape index (κ2) is 13.6. The van der Waals surface area contributed by atoms with Crippen LogP contribution < -0.4 is 15.7 Å². The molecule has 1 unspecified atom stereocenters. The van der Waals surface area contributed by atoms with E-state index in [1.165, 1.54) is 5.06 Å². The Morgan fingerprint density at radius 3 is 2.35 bits per heavy atom. The lowest BCUT2D eigenvalue weighted by Gasteiger charge is -2.41. The Bertz CT molecular complexity index is 1560. The molecule has 3 aliphatic rings. The van der Waals surface area contributed by atoms with Crippen LogP contribution in [0.15, 0.2) is 48.7 Å². The SMILES string of the molecule is CC(C)(C)[Si](C)(C)OCC1CCC(CC2c3ccc(N)nc3CCN2c2ncc(C(F)(F)F)c(N3OCC[C@H]3c3ccccc3)n2)CC1. The van der Waals surface area contributed by atoms with Gasteiger partial charge in [0.2, 0.25) is 5.95 Å². The average molecular weight is 683 g/mol. The van der Waals surface area contributed by atoms with E-state index in [-0.39, 0.29) is 22.8 Å². The Kier molecular flexibility index (Phi) is 9.81. The number of alkyl halides is 3. The van der Waals surface area contributed by atoms with Crippen LogP contribution in [0.3, 0.4) is 0 Å². The lowest BCUT2D eigenvalue weighted by atomic mass is 9.77. The summed E-state index contributed by atoms with van der Waals surface area (Å²) in [5.74, 6) is 1.48. The van der Waals surface area contributed by atoms with Crippen molar-refractivity contribution in [2.45, 2.75) is 102 Å². The van der Waals surface area contributed by atoms with Crippen LogP contribution in [0.2, 0.25) is 18.1 Å². The van der Waals surface area contributed by atoms with E-state index < -0.39 is 26.1 Å². The van der Waals surface area contributed by atoms with E-state index in [0.29, 0.717) is 43.6 Å². The van der Waals surface area contributed by atoms with Crippen LogP contribution in [0, 0.1) is 11.8 Å². The number of hydrogen-bond donors (Lipinski definition) is 1. The van der Waals surface area contributed by atoms with E-state index in [4.69, 9.17) is 15.0 Å². The molecule has 2 atom stereocenters. The number of nitrogen functional groups attached to an aromatic ring is 1. The summed E-state index contributed by atoms with van der Waals surface area (Å²) in [5, 5.41) is 1.52. The number of pyridine rings is 1. The monoisotopic (exact) mass is 682 g/mol. The highest BCUT2D eigenvalue weighted by atomic mass is 28.4. The Morgan fingerprint density at radius 2 is 1.67 bits per heavy atom. The molecule has 2 fully saturated rings. The Hall–Kier alpha value is -3.22. The topological polar surface area (TPSA) is 89.6 Å². The van der Waals surface area contributed by atoms with Gasteiger partial charge in [-0.15, -0.1) is 0 Å². The summed E-state index contributed by atoms with van der Waals surface area (Å²) in [6, 6.07) is 12.8. The molecule has 1 saturated heterocycles. The van der Waals surface area contributed by atoms with E-state index in [2.05, 4.69) is 53.7 Å². The Balaban J connectivity index is 1.26. The first-order valence-electron chi connectivity index (χ1n) is 17.3. The molecule has 2 aliphatic heterocycles. The van der Waals surface area contributed by atoms with Crippen molar-refractivity contribution in [1.82, 2.24) is 15.0 Å². The molecule has 6 rings (SSSR count). The third kappa shape index (κ3) is 7.35. The molecular formula is C36H49F3N6O2Si. The zero-order valence-electron chi connectivity index (χ0n) is 28.8. The number of nitrogens with zero attached hydrogens (tertiary/aromatic N) is 5. The quantitative estimate of drug-likeness (QED) is 0.236. The molecule has 0 bridgehead atoms. The number of hydroxylamine groups is 1. The summed E-state index contributed by atoms with van der Waals surface area (Å²) in [6.07, 6.45) is 2.62. The molecule has 0 spiro atoms. The van der Waals surface area contributed by atoms with E-state index in [1.807, 2.05) is 42.5 Å². The number of fused-ring (bicyclic) bond motifs is 1. The van der Waals surface area contributed by atoms with E-state index in [0.717, 1.165) is 61.7 Å². The maximum Gasteiger partial charge on any atom is 0.421 e. The van der Waals surface area contributed by atoms with Crippen molar-refractivity contribution >= 4 is 25.9 Å². The van der Waals surface area contributed by atoms with Gasteiger partial charge in [-0.1, -0.05) is 70.0 Å². The molecule has 0 amide bonds. The first kappa shape index (κ1) is 34.6. The van der Waals surface area contributed by atoms with Gasteiger partial charge in [-0.25, -0.2) is 15.0 Å². The number of anilines is 3. The van der Waals surface area contributed by atoms with Crippen molar-refractivity contribution in [3.8, 4) is 0 Å². The minimum absolute atomic E-state index is 0.138. The van der Waals surface area contributed by atoms with Crippen molar-refractivity contribution in [3.63, 3.8) is 0 Å². The lowest BCUT2D eigenvalue weighted by molar-refractivity contribution is -0.138. The van der Waals surface area contributed by atoms with Crippen molar-refractivity contribution in [3.05, 3.63) is 71.0 Å². The number of benzene rings is 1. The largest absolute Gasteiger partial charge is 0.421 e. The summed E-state index contributed by atoms with van der Waals surface area (Å²) in [7, 11) is -1.81.